The van der Waals surface area contributed by atoms with Crippen LogP contribution in [0.1, 0.15) is 12.8 Å². The van der Waals surface area contributed by atoms with Crippen molar-refractivity contribution in [1.29, 1.82) is 0 Å². The first kappa shape index (κ1) is 18.2. The zero-order valence-corrected chi connectivity index (χ0v) is 16.2. The number of carbonyl (C=O) groups excluding carboxylic acids is 1. The number of halogens is 1. The Morgan fingerprint density at radius 3 is 2.74 bits per heavy atom. The van der Waals surface area contributed by atoms with Gasteiger partial charge < -0.3 is 15.3 Å². The molecule has 1 atom stereocenters. The summed E-state index contributed by atoms with van der Waals surface area (Å²) >= 11 is 6.83. The maximum absolute atomic E-state index is 12.8. The second kappa shape index (κ2) is 6.79. The van der Waals surface area contributed by atoms with Gasteiger partial charge in [-0.2, -0.15) is 4.31 Å². The minimum Gasteiger partial charge on any atom is -0.325 e. The largest absolute Gasteiger partial charge is 0.325 e. The van der Waals surface area contributed by atoms with Crippen LogP contribution in [0.5, 0.6) is 0 Å². The third kappa shape index (κ3) is 3.41. The Hall–Kier alpha value is -2.14. The van der Waals surface area contributed by atoms with Gasteiger partial charge in [0.05, 0.1) is 15.4 Å². The lowest BCUT2D eigenvalue weighted by molar-refractivity contribution is -0.119. The molecule has 1 aromatic carbocycles. The molecule has 4 rings (SSSR count). The molecule has 3 N–H and O–H groups in total. The quantitative estimate of drug-likeness (QED) is 0.593. The third-order valence-electron chi connectivity index (χ3n) is 4.40. The van der Waals surface area contributed by atoms with Crippen molar-refractivity contribution in [3.05, 3.63) is 45.2 Å². The van der Waals surface area contributed by atoms with Crippen LogP contribution in [0.3, 0.4) is 0 Å². The lowest BCUT2D eigenvalue weighted by atomic mass is 10.2. The summed E-state index contributed by atoms with van der Waals surface area (Å²) in [6, 6.07) is 7.12. The van der Waals surface area contributed by atoms with Crippen molar-refractivity contribution in [1.82, 2.24) is 14.3 Å². The van der Waals surface area contributed by atoms with Crippen LogP contribution in [0.4, 0.5) is 5.69 Å². The molecule has 1 saturated heterocycles. The van der Waals surface area contributed by atoms with Gasteiger partial charge in [-0.25, -0.2) is 13.2 Å². The van der Waals surface area contributed by atoms with E-state index < -0.39 is 22.0 Å². The highest BCUT2D eigenvalue weighted by Crippen LogP contribution is 2.32. The van der Waals surface area contributed by atoms with Crippen LogP contribution in [0.25, 0.3) is 11.0 Å². The maximum Gasteiger partial charge on any atom is 0.323 e. The van der Waals surface area contributed by atoms with E-state index in [0.717, 1.165) is 11.3 Å². The van der Waals surface area contributed by atoms with Gasteiger partial charge in [0.2, 0.25) is 5.91 Å². The monoisotopic (exact) mass is 426 g/mol. The van der Waals surface area contributed by atoms with E-state index in [-0.39, 0.29) is 16.4 Å². The van der Waals surface area contributed by atoms with Gasteiger partial charge in [0, 0.05) is 12.2 Å². The van der Waals surface area contributed by atoms with E-state index in [1.807, 2.05) is 0 Å². The van der Waals surface area contributed by atoms with Crippen molar-refractivity contribution in [2.45, 2.75) is 23.1 Å². The Bertz CT molecular complexity index is 1180. The Morgan fingerprint density at radius 1 is 1.22 bits per heavy atom. The summed E-state index contributed by atoms with van der Waals surface area (Å²) in [6.45, 7) is 0.278. The number of nitrogens with one attached hydrogen (secondary N) is 3. The molecule has 1 amide bonds. The molecule has 1 aliphatic rings. The zero-order valence-electron chi connectivity index (χ0n) is 13.9. The molecule has 11 heteroatoms. The fourth-order valence-corrected chi connectivity index (χ4v) is 6.45. The fraction of sp³-hybridized carbons (Fsp3) is 0.250. The smallest absolute Gasteiger partial charge is 0.323 e. The summed E-state index contributed by atoms with van der Waals surface area (Å²) in [5, 5.41) is 2.74. The van der Waals surface area contributed by atoms with Crippen LogP contribution in [-0.2, 0) is 14.8 Å². The van der Waals surface area contributed by atoms with Crippen LogP contribution < -0.4 is 11.0 Å². The number of benzene rings is 1. The number of aromatic amines is 2. The van der Waals surface area contributed by atoms with E-state index >= 15 is 0 Å². The van der Waals surface area contributed by atoms with Gasteiger partial charge in [0.15, 0.2) is 0 Å². The number of rotatable bonds is 4. The molecule has 0 saturated carbocycles. The highest BCUT2D eigenvalue weighted by atomic mass is 35.5. The van der Waals surface area contributed by atoms with Crippen molar-refractivity contribution >= 4 is 55.6 Å². The van der Waals surface area contributed by atoms with E-state index in [4.69, 9.17) is 11.6 Å². The average Bonchev–Trinajstić information content (AvgIpc) is 3.32. The van der Waals surface area contributed by atoms with Crippen LogP contribution in [0, 0.1) is 0 Å². The number of hydrogen-bond donors (Lipinski definition) is 3. The van der Waals surface area contributed by atoms with Crippen LogP contribution >= 0.6 is 22.9 Å². The van der Waals surface area contributed by atoms with Crippen LogP contribution in [0.15, 0.2) is 39.3 Å². The summed E-state index contributed by atoms with van der Waals surface area (Å²) in [5.41, 5.74) is 1.32. The van der Waals surface area contributed by atoms with Crippen LogP contribution in [0.2, 0.25) is 4.34 Å². The van der Waals surface area contributed by atoms with E-state index in [0.29, 0.717) is 33.9 Å². The summed E-state index contributed by atoms with van der Waals surface area (Å²) in [7, 11) is -3.78. The fourth-order valence-electron chi connectivity index (χ4n) is 3.18. The molecular formula is C16H15ClN4O4S2. The lowest BCUT2D eigenvalue weighted by Crippen LogP contribution is -2.42. The molecule has 0 spiro atoms. The molecule has 1 fully saturated rings. The van der Waals surface area contributed by atoms with Gasteiger partial charge in [0.1, 0.15) is 10.3 Å². The highest BCUT2D eigenvalue weighted by Gasteiger charge is 2.40. The van der Waals surface area contributed by atoms with E-state index in [2.05, 4.69) is 15.3 Å². The number of amides is 1. The van der Waals surface area contributed by atoms with Crippen LogP contribution in [-0.4, -0.2) is 41.2 Å². The number of thiophene rings is 1. The molecule has 3 aromatic rings. The van der Waals surface area contributed by atoms with Crippen molar-refractivity contribution in [3.8, 4) is 0 Å². The summed E-state index contributed by atoms with van der Waals surface area (Å²) < 4.78 is 27.4. The Labute approximate surface area is 163 Å². The summed E-state index contributed by atoms with van der Waals surface area (Å²) in [4.78, 5) is 29.3. The normalized spacial score (nSPS) is 18.2. The third-order valence-corrected chi connectivity index (χ3v) is 8.01. The van der Waals surface area contributed by atoms with Gasteiger partial charge in [0.25, 0.3) is 10.0 Å². The molecular weight excluding hydrogens is 412 g/mol. The lowest BCUT2D eigenvalue weighted by Gasteiger charge is -2.22. The first-order valence-electron chi connectivity index (χ1n) is 8.15. The minimum absolute atomic E-state index is 0.124. The van der Waals surface area contributed by atoms with E-state index in [1.165, 1.54) is 16.4 Å². The molecule has 142 valence electrons. The maximum atomic E-state index is 12.8. The minimum atomic E-state index is -3.78. The molecule has 0 bridgehead atoms. The average molecular weight is 427 g/mol. The zero-order chi connectivity index (χ0) is 19.2. The molecule has 0 aliphatic carbocycles. The standard InChI is InChI=1S/C16H15ClN4O4S2/c17-13-5-6-14(26-13)27(24,25)21-7-1-2-12(21)15(22)18-9-3-4-10-11(8-9)20-16(23)19-10/h3-6,8,12H,1-2,7H2,(H,18,22)(H2,19,20,23). The number of anilines is 1. The highest BCUT2D eigenvalue weighted by molar-refractivity contribution is 7.91. The molecule has 27 heavy (non-hydrogen) atoms. The van der Waals surface area contributed by atoms with Crippen molar-refractivity contribution in [2.24, 2.45) is 0 Å². The number of nitrogens with zero attached hydrogens (tertiary/aromatic N) is 1. The molecule has 1 aliphatic heterocycles. The van der Waals surface area contributed by atoms with Crippen molar-refractivity contribution < 1.29 is 13.2 Å². The first-order valence-corrected chi connectivity index (χ1v) is 10.8. The number of carbonyl (C=O) groups is 1. The van der Waals surface area contributed by atoms with E-state index in [9.17, 15) is 18.0 Å². The predicted octanol–water partition coefficient (Wildman–Crippen LogP) is 2.36. The number of imidazole rings is 1. The SMILES string of the molecule is O=C(Nc1ccc2[nH]c(=O)[nH]c2c1)C1CCCN1S(=O)(=O)c1ccc(Cl)s1. The van der Waals surface area contributed by atoms with Crippen molar-refractivity contribution in [2.75, 3.05) is 11.9 Å². The Kier molecular flexibility index (Phi) is 4.58. The molecule has 2 aromatic heterocycles. The summed E-state index contributed by atoms with van der Waals surface area (Å²) in [5.74, 6) is -0.407. The van der Waals surface area contributed by atoms with Gasteiger partial charge in [-0.15, -0.1) is 11.3 Å². The molecule has 1 unspecified atom stereocenters. The van der Waals surface area contributed by atoms with E-state index in [1.54, 1.807) is 18.2 Å². The predicted molar refractivity (Wildman–Crippen MR) is 104 cm³/mol. The molecule has 3 heterocycles. The first-order chi connectivity index (χ1) is 12.8. The van der Waals surface area contributed by atoms with Gasteiger partial charge in [-0.05, 0) is 43.2 Å². The van der Waals surface area contributed by atoms with Gasteiger partial charge in [-0.1, -0.05) is 11.6 Å². The second-order valence-corrected chi connectivity index (χ2v) is 9.99. The number of fused-ring (bicyclic) bond motifs is 1. The van der Waals surface area contributed by atoms with Crippen molar-refractivity contribution in [3.63, 3.8) is 0 Å². The van der Waals surface area contributed by atoms with Gasteiger partial charge in [-0.3, -0.25) is 4.79 Å². The second-order valence-electron chi connectivity index (χ2n) is 6.16. The summed E-state index contributed by atoms with van der Waals surface area (Å²) in [6.07, 6.45) is 1.04. The number of hydrogen-bond acceptors (Lipinski definition) is 5. The Balaban J connectivity index is 1.57. The molecule has 0 radical (unpaired) electrons. The Morgan fingerprint density at radius 2 is 2.00 bits per heavy atom. The number of aromatic nitrogens is 2. The number of H-pyrrole nitrogens is 2. The topological polar surface area (TPSA) is 115 Å². The molecule has 8 nitrogen and oxygen atoms in total. The number of sulfonamides is 1. The van der Waals surface area contributed by atoms with Gasteiger partial charge >= 0.3 is 5.69 Å².